The van der Waals surface area contributed by atoms with E-state index in [9.17, 15) is 4.79 Å². The Kier molecular flexibility index (Phi) is 5.33. The molecule has 2 fully saturated rings. The fourth-order valence-electron chi connectivity index (χ4n) is 3.45. The van der Waals surface area contributed by atoms with Crippen molar-refractivity contribution in [1.29, 1.82) is 0 Å². The number of ether oxygens (including phenoxy) is 1. The average molecular weight is 449 g/mol. The Balaban J connectivity index is 1.62. The van der Waals surface area contributed by atoms with E-state index in [0.717, 1.165) is 40.2 Å². The molecule has 2 N–H and O–H groups in total. The topological polar surface area (TPSA) is 76.1 Å². The Hall–Kier alpha value is -2.97. The summed E-state index contributed by atoms with van der Waals surface area (Å²) in [6, 6.07) is 13.6. The van der Waals surface area contributed by atoms with E-state index in [1.807, 2.05) is 48.5 Å². The number of para-hydroxylation sites is 2. The molecule has 0 radical (unpaired) electrons. The number of anilines is 1. The van der Waals surface area contributed by atoms with E-state index in [1.54, 1.807) is 7.11 Å². The molecule has 2 aromatic carbocycles. The number of nitrogens with one attached hydrogen (secondary N) is 2. The zero-order valence-electron chi connectivity index (χ0n) is 16.8. The van der Waals surface area contributed by atoms with Crippen LogP contribution in [0.15, 0.2) is 47.4 Å². The summed E-state index contributed by atoms with van der Waals surface area (Å²) in [5.41, 5.74) is 4.07. The summed E-state index contributed by atoms with van der Waals surface area (Å²) < 4.78 is 6.12. The molecule has 31 heavy (non-hydrogen) atoms. The van der Waals surface area contributed by atoms with Gasteiger partial charge in [0.25, 0.3) is 5.91 Å². The van der Waals surface area contributed by atoms with Gasteiger partial charge in [-0.3, -0.25) is 4.79 Å². The van der Waals surface area contributed by atoms with E-state index in [0.29, 0.717) is 20.9 Å². The van der Waals surface area contributed by atoms with Gasteiger partial charge in [-0.05, 0) is 54.7 Å². The molecule has 1 amide bonds. The minimum Gasteiger partial charge on any atom is -0.496 e. The fourth-order valence-corrected chi connectivity index (χ4v) is 4.49. The maximum Gasteiger partial charge on any atom is 0.263 e. The first-order valence-corrected chi connectivity index (χ1v) is 11.3. The Morgan fingerprint density at radius 1 is 1.23 bits per heavy atom. The highest BCUT2D eigenvalue weighted by atomic mass is 32.2. The molecule has 8 heteroatoms. The van der Waals surface area contributed by atoms with E-state index in [4.69, 9.17) is 26.9 Å². The molecule has 156 valence electrons. The summed E-state index contributed by atoms with van der Waals surface area (Å²) in [5, 5.41) is 6.14. The molecule has 2 heterocycles. The summed E-state index contributed by atoms with van der Waals surface area (Å²) in [4.78, 5) is 22.4. The van der Waals surface area contributed by atoms with Crippen molar-refractivity contribution in [3.05, 3.63) is 52.9 Å². The lowest BCUT2D eigenvalue weighted by Gasteiger charge is -2.15. The predicted octanol–water partition coefficient (Wildman–Crippen LogP) is 4.62. The number of methoxy groups -OCH3 is 1. The van der Waals surface area contributed by atoms with E-state index in [2.05, 4.69) is 10.6 Å². The lowest BCUT2D eigenvalue weighted by molar-refractivity contribution is -0.115. The van der Waals surface area contributed by atoms with Crippen LogP contribution in [0.3, 0.4) is 0 Å². The molecule has 0 bridgehead atoms. The van der Waals surface area contributed by atoms with Crippen molar-refractivity contribution >= 4 is 57.1 Å². The van der Waals surface area contributed by atoms with Gasteiger partial charge < -0.3 is 15.4 Å². The van der Waals surface area contributed by atoms with Crippen LogP contribution in [0.5, 0.6) is 5.75 Å². The minimum absolute atomic E-state index is 0.176. The second-order valence-electron chi connectivity index (χ2n) is 7.55. The van der Waals surface area contributed by atoms with Crippen molar-refractivity contribution < 1.29 is 9.53 Å². The summed E-state index contributed by atoms with van der Waals surface area (Å²) in [6.45, 7) is 0.875. The van der Waals surface area contributed by atoms with Crippen LogP contribution in [0.1, 0.15) is 18.4 Å². The lowest BCUT2D eigenvalue weighted by Crippen LogP contribution is -2.17. The summed E-state index contributed by atoms with van der Waals surface area (Å²) in [6.07, 6.45) is 4.32. The van der Waals surface area contributed by atoms with Gasteiger partial charge in [0, 0.05) is 12.1 Å². The standard InChI is InChI=1S/C23H20N4O2S2/c1-29-18-9-8-14(11-19-22(28)27-23(30)31-19)10-15(18)20-21(24-12-13-6-7-13)26-17-5-3-2-4-16(17)25-20/h2-5,8-11,13H,6-7,12H2,1H3,(H,24,26)(H,27,28,30). The van der Waals surface area contributed by atoms with Gasteiger partial charge in [0.1, 0.15) is 15.8 Å². The zero-order chi connectivity index (χ0) is 21.4. The highest BCUT2D eigenvalue weighted by Gasteiger charge is 2.24. The second kappa shape index (κ2) is 8.28. The molecular formula is C23H20N4O2S2. The third-order valence-corrected chi connectivity index (χ3v) is 6.41. The Labute approximate surface area is 189 Å². The Morgan fingerprint density at radius 3 is 2.68 bits per heavy atom. The van der Waals surface area contributed by atoms with Crippen molar-refractivity contribution in [2.45, 2.75) is 12.8 Å². The Bertz CT molecular complexity index is 1240. The van der Waals surface area contributed by atoms with Crippen molar-refractivity contribution in [3.8, 4) is 17.0 Å². The van der Waals surface area contributed by atoms with Crippen LogP contribution in [0.25, 0.3) is 28.4 Å². The van der Waals surface area contributed by atoms with Gasteiger partial charge in [-0.2, -0.15) is 0 Å². The molecule has 0 spiro atoms. The van der Waals surface area contributed by atoms with Crippen LogP contribution in [-0.4, -0.2) is 33.9 Å². The number of benzene rings is 2. The molecule has 0 unspecified atom stereocenters. The minimum atomic E-state index is -0.176. The first-order valence-electron chi connectivity index (χ1n) is 10.0. The van der Waals surface area contributed by atoms with Crippen LogP contribution in [0, 0.1) is 5.92 Å². The third-order valence-electron chi connectivity index (χ3n) is 5.24. The van der Waals surface area contributed by atoms with Crippen molar-refractivity contribution in [2.24, 2.45) is 5.92 Å². The number of nitrogens with zero attached hydrogens (tertiary/aromatic N) is 2. The molecule has 6 nitrogen and oxygen atoms in total. The van der Waals surface area contributed by atoms with Crippen molar-refractivity contribution in [3.63, 3.8) is 0 Å². The quantitative estimate of drug-likeness (QED) is 0.421. The number of thioether (sulfide) groups is 1. The third kappa shape index (κ3) is 4.26. The van der Waals surface area contributed by atoms with E-state index < -0.39 is 0 Å². The molecule has 3 aromatic rings. The molecule has 1 aliphatic carbocycles. The van der Waals surface area contributed by atoms with E-state index in [1.165, 1.54) is 24.6 Å². The smallest absolute Gasteiger partial charge is 0.263 e. The number of fused-ring (bicyclic) bond motifs is 1. The summed E-state index contributed by atoms with van der Waals surface area (Å²) >= 11 is 6.36. The van der Waals surface area contributed by atoms with Gasteiger partial charge in [-0.25, -0.2) is 9.97 Å². The van der Waals surface area contributed by atoms with Gasteiger partial charge in [0.05, 0.1) is 23.0 Å². The average Bonchev–Trinajstić information content (AvgIpc) is 3.55. The van der Waals surface area contributed by atoms with Crippen LogP contribution >= 0.6 is 24.0 Å². The summed E-state index contributed by atoms with van der Waals surface area (Å²) in [5.74, 6) is 1.95. The molecule has 0 atom stereocenters. The Morgan fingerprint density at radius 2 is 2.00 bits per heavy atom. The molecule has 1 saturated heterocycles. The van der Waals surface area contributed by atoms with Crippen LogP contribution in [0.2, 0.25) is 0 Å². The van der Waals surface area contributed by atoms with Crippen molar-refractivity contribution in [1.82, 2.24) is 15.3 Å². The monoisotopic (exact) mass is 448 g/mol. The van der Waals surface area contributed by atoms with Crippen molar-refractivity contribution in [2.75, 3.05) is 19.0 Å². The largest absolute Gasteiger partial charge is 0.496 e. The highest BCUT2D eigenvalue weighted by Crippen LogP contribution is 2.37. The van der Waals surface area contributed by atoms with Crippen LogP contribution in [0.4, 0.5) is 5.82 Å². The SMILES string of the molecule is COc1ccc(C=C2SC(=S)NC2=O)cc1-c1nc2ccccc2nc1NCC1CC1. The number of amides is 1. The molecule has 1 saturated carbocycles. The van der Waals surface area contributed by atoms with Gasteiger partial charge in [-0.1, -0.05) is 42.2 Å². The second-order valence-corrected chi connectivity index (χ2v) is 9.26. The molecule has 1 aliphatic heterocycles. The van der Waals surface area contributed by atoms with Gasteiger partial charge in [0.15, 0.2) is 5.82 Å². The van der Waals surface area contributed by atoms with Crippen LogP contribution < -0.4 is 15.4 Å². The normalized spacial score (nSPS) is 17.3. The maximum absolute atomic E-state index is 12.1. The first-order chi connectivity index (χ1) is 15.1. The first kappa shape index (κ1) is 20.0. The van der Waals surface area contributed by atoms with Gasteiger partial charge in [-0.15, -0.1) is 0 Å². The number of hydrogen-bond acceptors (Lipinski definition) is 7. The molecule has 1 aromatic heterocycles. The molecular weight excluding hydrogens is 428 g/mol. The maximum atomic E-state index is 12.1. The number of rotatable bonds is 6. The number of carbonyl (C=O) groups is 1. The number of hydrogen-bond donors (Lipinski definition) is 2. The number of thiocarbonyl (C=S) groups is 1. The van der Waals surface area contributed by atoms with E-state index in [-0.39, 0.29) is 5.91 Å². The predicted molar refractivity (Wildman–Crippen MR) is 129 cm³/mol. The van der Waals surface area contributed by atoms with Gasteiger partial charge >= 0.3 is 0 Å². The fraction of sp³-hybridized carbons (Fsp3) is 0.217. The summed E-state index contributed by atoms with van der Waals surface area (Å²) in [7, 11) is 1.64. The molecule has 2 aliphatic rings. The lowest BCUT2D eigenvalue weighted by atomic mass is 10.0. The zero-order valence-corrected chi connectivity index (χ0v) is 18.5. The highest BCUT2D eigenvalue weighted by molar-refractivity contribution is 8.26. The van der Waals surface area contributed by atoms with E-state index >= 15 is 0 Å². The number of carbonyl (C=O) groups excluding carboxylic acids is 1. The van der Waals surface area contributed by atoms with Crippen LogP contribution in [-0.2, 0) is 4.79 Å². The number of aromatic nitrogens is 2. The molecule has 5 rings (SSSR count). The van der Waals surface area contributed by atoms with Gasteiger partial charge in [0.2, 0.25) is 0 Å².